The first-order valence-electron chi connectivity index (χ1n) is 6.73. The topological polar surface area (TPSA) is 43.3 Å². The minimum atomic E-state index is 0.556. The summed E-state index contributed by atoms with van der Waals surface area (Å²) in [5, 5.41) is 1.21. The molecule has 2 aromatic heterocycles. The molecule has 0 aliphatic heterocycles. The maximum absolute atomic E-state index is 6.33. The van der Waals surface area contributed by atoms with Gasteiger partial charge in [-0.1, -0.05) is 29.3 Å². The van der Waals surface area contributed by atoms with E-state index in [-0.39, 0.29) is 0 Å². The number of aryl methyl sites for hydroxylation is 1. The SMILES string of the molecule is Cc1ccc2nc(-c3ccc(Cl)cc3Cl)c(CCN)n2c1. The Hall–Kier alpha value is -1.55. The van der Waals surface area contributed by atoms with E-state index in [1.165, 1.54) is 5.56 Å². The molecule has 2 heterocycles. The minimum absolute atomic E-state index is 0.556. The van der Waals surface area contributed by atoms with E-state index in [9.17, 15) is 0 Å². The first kappa shape index (κ1) is 14.4. The molecule has 0 saturated carbocycles. The average molecular weight is 320 g/mol. The third kappa shape index (κ3) is 2.64. The van der Waals surface area contributed by atoms with Crippen molar-refractivity contribution in [1.29, 1.82) is 0 Å². The van der Waals surface area contributed by atoms with Crippen molar-refractivity contribution in [2.24, 2.45) is 5.73 Å². The summed E-state index contributed by atoms with van der Waals surface area (Å²) in [6, 6.07) is 9.51. The van der Waals surface area contributed by atoms with Crippen molar-refractivity contribution in [3.8, 4) is 11.3 Å². The highest BCUT2D eigenvalue weighted by Crippen LogP contribution is 2.32. The van der Waals surface area contributed by atoms with Gasteiger partial charge in [-0.25, -0.2) is 4.98 Å². The molecule has 0 spiro atoms. The van der Waals surface area contributed by atoms with Crippen molar-refractivity contribution < 1.29 is 0 Å². The fourth-order valence-electron chi connectivity index (χ4n) is 2.47. The van der Waals surface area contributed by atoms with E-state index in [1.54, 1.807) is 6.07 Å². The Morgan fingerprint density at radius 3 is 2.71 bits per heavy atom. The van der Waals surface area contributed by atoms with Crippen LogP contribution in [0.5, 0.6) is 0 Å². The zero-order valence-electron chi connectivity index (χ0n) is 11.6. The van der Waals surface area contributed by atoms with E-state index in [1.807, 2.05) is 24.3 Å². The maximum atomic E-state index is 6.33. The number of rotatable bonds is 3. The molecular weight excluding hydrogens is 305 g/mol. The van der Waals surface area contributed by atoms with Gasteiger partial charge in [0.2, 0.25) is 0 Å². The van der Waals surface area contributed by atoms with Gasteiger partial charge in [0.15, 0.2) is 0 Å². The number of nitrogens with zero attached hydrogens (tertiary/aromatic N) is 2. The zero-order chi connectivity index (χ0) is 15.0. The summed E-state index contributed by atoms with van der Waals surface area (Å²) in [5.41, 5.74) is 10.6. The van der Waals surface area contributed by atoms with E-state index >= 15 is 0 Å². The van der Waals surface area contributed by atoms with Crippen molar-refractivity contribution in [3.63, 3.8) is 0 Å². The summed E-state index contributed by atoms with van der Waals surface area (Å²) in [6.07, 6.45) is 2.81. The van der Waals surface area contributed by atoms with Gasteiger partial charge in [0.05, 0.1) is 16.4 Å². The second kappa shape index (κ2) is 5.68. The van der Waals surface area contributed by atoms with Gasteiger partial charge < -0.3 is 10.1 Å². The van der Waals surface area contributed by atoms with Crippen LogP contribution < -0.4 is 5.73 Å². The number of imidazole rings is 1. The molecule has 3 nitrogen and oxygen atoms in total. The molecule has 0 radical (unpaired) electrons. The first-order valence-corrected chi connectivity index (χ1v) is 7.49. The molecule has 0 fully saturated rings. The number of pyridine rings is 1. The maximum Gasteiger partial charge on any atom is 0.137 e. The summed E-state index contributed by atoms with van der Waals surface area (Å²) in [6.45, 7) is 2.61. The van der Waals surface area contributed by atoms with Crippen LogP contribution in [0.2, 0.25) is 10.0 Å². The molecule has 0 saturated heterocycles. The quantitative estimate of drug-likeness (QED) is 0.789. The van der Waals surface area contributed by atoms with Crippen LogP contribution >= 0.6 is 23.2 Å². The Bertz CT molecular complexity index is 809. The summed E-state index contributed by atoms with van der Waals surface area (Å²) in [7, 11) is 0. The molecular formula is C16H15Cl2N3. The lowest BCUT2D eigenvalue weighted by Gasteiger charge is -2.06. The van der Waals surface area contributed by atoms with Crippen LogP contribution in [0.1, 0.15) is 11.3 Å². The highest BCUT2D eigenvalue weighted by atomic mass is 35.5. The van der Waals surface area contributed by atoms with E-state index in [2.05, 4.69) is 17.5 Å². The van der Waals surface area contributed by atoms with Crippen LogP contribution in [0.25, 0.3) is 16.9 Å². The molecule has 0 amide bonds. The molecule has 0 aliphatic carbocycles. The number of hydrogen-bond donors (Lipinski definition) is 1. The van der Waals surface area contributed by atoms with Gasteiger partial charge in [-0.3, -0.25) is 0 Å². The lowest BCUT2D eigenvalue weighted by atomic mass is 10.1. The van der Waals surface area contributed by atoms with Gasteiger partial charge in [0.1, 0.15) is 5.65 Å². The molecule has 0 bridgehead atoms. The summed E-state index contributed by atoms with van der Waals surface area (Å²) in [4.78, 5) is 4.71. The minimum Gasteiger partial charge on any atom is -0.330 e. The molecule has 0 aliphatic rings. The van der Waals surface area contributed by atoms with Gasteiger partial charge >= 0.3 is 0 Å². The lowest BCUT2D eigenvalue weighted by molar-refractivity contribution is 0.904. The third-order valence-electron chi connectivity index (χ3n) is 3.43. The molecule has 3 rings (SSSR count). The van der Waals surface area contributed by atoms with Gasteiger partial charge in [0.25, 0.3) is 0 Å². The van der Waals surface area contributed by atoms with Crippen molar-refractivity contribution in [2.45, 2.75) is 13.3 Å². The number of halogens is 2. The fourth-order valence-corrected chi connectivity index (χ4v) is 2.97. The standard InChI is InChI=1S/C16H15Cl2N3/c1-10-2-5-15-20-16(14(6-7-19)21(15)9-10)12-4-3-11(17)8-13(12)18/h2-5,8-9H,6-7,19H2,1H3. The summed E-state index contributed by atoms with van der Waals surface area (Å²) in [5.74, 6) is 0. The van der Waals surface area contributed by atoms with Crippen LogP contribution in [-0.4, -0.2) is 15.9 Å². The average Bonchev–Trinajstić information content (AvgIpc) is 2.78. The zero-order valence-corrected chi connectivity index (χ0v) is 13.1. The molecule has 0 unspecified atom stereocenters. The number of hydrogen-bond acceptors (Lipinski definition) is 2. The van der Waals surface area contributed by atoms with Crippen LogP contribution in [0.4, 0.5) is 0 Å². The Balaban J connectivity index is 2.28. The molecule has 0 atom stereocenters. The Morgan fingerprint density at radius 1 is 1.19 bits per heavy atom. The fraction of sp³-hybridized carbons (Fsp3) is 0.188. The van der Waals surface area contributed by atoms with Crippen molar-refractivity contribution in [1.82, 2.24) is 9.38 Å². The molecule has 21 heavy (non-hydrogen) atoms. The van der Waals surface area contributed by atoms with Gasteiger partial charge in [-0.05, 0) is 43.3 Å². The van der Waals surface area contributed by atoms with Gasteiger partial charge in [0, 0.05) is 23.2 Å². The predicted octanol–water partition coefficient (Wildman–Crippen LogP) is 4.12. The normalized spacial score (nSPS) is 11.2. The highest BCUT2D eigenvalue weighted by molar-refractivity contribution is 6.36. The number of benzene rings is 1. The number of nitrogens with two attached hydrogens (primary N) is 1. The Kier molecular flexibility index (Phi) is 3.89. The molecule has 1 aromatic carbocycles. The first-order chi connectivity index (χ1) is 10.1. The molecule has 2 N–H and O–H groups in total. The third-order valence-corrected chi connectivity index (χ3v) is 3.98. The van der Waals surface area contributed by atoms with Crippen LogP contribution in [-0.2, 0) is 6.42 Å². The second-order valence-electron chi connectivity index (χ2n) is 5.00. The van der Waals surface area contributed by atoms with Crippen molar-refractivity contribution >= 4 is 28.8 Å². The monoisotopic (exact) mass is 319 g/mol. The van der Waals surface area contributed by atoms with E-state index in [0.29, 0.717) is 16.6 Å². The largest absolute Gasteiger partial charge is 0.330 e. The van der Waals surface area contributed by atoms with Crippen molar-refractivity contribution in [2.75, 3.05) is 6.54 Å². The molecule has 3 aromatic rings. The summed E-state index contributed by atoms with van der Waals surface area (Å²) < 4.78 is 2.09. The van der Waals surface area contributed by atoms with Crippen molar-refractivity contribution in [3.05, 3.63) is 57.8 Å². The predicted molar refractivity (Wildman–Crippen MR) is 88.1 cm³/mol. The summed E-state index contributed by atoms with van der Waals surface area (Å²) >= 11 is 12.3. The number of aromatic nitrogens is 2. The Morgan fingerprint density at radius 2 is 2.00 bits per heavy atom. The van der Waals surface area contributed by atoms with Gasteiger partial charge in [-0.15, -0.1) is 0 Å². The molecule has 5 heteroatoms. The number of fused-ring (bicyclic) bond motifs is 1. The Labute approximate surface area is 133 Å². The van der Waals surface area contributed by atoms with E-state index in [0.717, 1.165) is 29.0 Å². The highest BCUT2D eigenvalue weighted by Gasteiger charge is 2.16. The van der Waals surface area contributed by atoms with Crippen LogP contribution in [0, 0.1) is 6.92 Å². The van der Waals surface area contributed by atoms with E-state index in [4.69, 9.17) is 33.9 Å². The second-order valence-corrected chi connectivity index (χ2v) is 5.85. The van der Waals surface area contributed by atoms with Gasteiger partial charge in [-0.2, -0.15) is 0 Å². The molecule has 108 valence electrons. The van der Waals surface area contributed by atoms with Crippen LogP contribution in [0.15, 0.2) is 36.5 Å². The lowest BCUT2D eigenvalue weighted by Crippen LogP contribution is -2.06. The smallest absolute Gasteiger partial charge is 0.137 e. The van der Waals surface area contributed by atoms with Crippen LogP contribution in [0.3, 0.4) is 0 Å². The van der Waals surface area contributed by atoms with E-state index < -0.39 is 0 Å².